The van der Waals surface area contributed by atoms with Crippen LogP contribution in [0.15, 0.2) is 24.3 Å². The number of benzene rings is 1. The smallest absolute Gasteiger partial charge is 0.226 e. The molecule has 1 heterocycles. The van der Waals surface area contributed by atoms with Gasteiger partial charge in [-0.05, 0) is 12.1 Å². The first kappa shape index (κ1) is 14.8. The van der Waals surface area contributed by atoms with Gasteiger partial charge in [0.15, 0.2) is 0 Å². The lowest BCUT2D eigenvalue weighted by Crippen LogP contribution is -2.43. The second-order valence-electron chi connectivity index (χ2n) is 4.00. The predicted octanol–water partition coefficient (Wildman–Crippen LogP) is 1.13. The van der Waals surface area contributed by atoms with Crippen molar-refractivity contribution in [2.45, 2.75) is 12.5 Å². The number of phenols is 1. The average Bonchev–Trinajstić information content (AvgIpc) is 2.33. The Labute approximate surface area is 112 Å². The minimum atomic E-state index is -0.130. The van der Waals surface area contributed by atoms with E-state index in [9.17, 15) is 9.90 Å². The number of carbonyl (C=O) groups is 1. The van der Waals surface area contributed by atoms with Crippen molar-refractivity contribution < 1.29 is 14.6 Å². The van der Waals surface area contributed by atoms with E-state index in [-0.39, 0.29) is 30.1 Å². The molecule has 0 bridgehead atoms. The molecule has 1 unspecified atom stereocenters. The third-order valence-electron chi connectivity index (χ3n) is 2.61. The van der Waals surface area contributed by atoms with Gasteiger partial charge in [-0.2, -0.15) is 0 Å². The molecule has 1 amide bonds. The van der Waals surface area contributed by atoms with Gasteiger partial charge in [-0.15, -0.1) is 12.4 Å². The minimum Gasteiger partial charge on any atom is -0.506 e. The Morgan fingerprint density at radius 1 is 1.50 bits per heavy atom. The van der Waals surface area contributed by atoms with Crippen LogP contribution in [0.1, 0.15) is 6.42 Å². The summed E-state index contributed by atoms with van der Waals surface area (Å²) >= 11 is 0. The molecule has 0 aliphatic carbocycles. The highest BCUT2D eigenvalue weighted by atomic mass is 35.5. The van der Waals surface area contributed by atoms with Crippen molar-refractivity contribution in [3.63, 3.8) is 0 Å². The van der Waals surface area contributed by atoms with E-state index < -0.39 is 0 Å². The number of ether oxygens (including phenoxy) is 1. The molecule has 3 N–H and O–H groups in total. The van der Waals surface area contributed by atoms with Crippen LogP contribution in [0, 0.1) is 0 Å². The number of amides is 1. The number of carbonyl (C=O) groups excluding carboxylic acids is 1. The SMILES string of the molecule is Cl.O=C(CC1COCCN1)Nc1ccccc1O. The summed E-state index contributed by atoms with van der Waals surface area (Å²) in [5.41, 5.74) is 0.439. The van der Waals surface area contributed by atoms with Gasteiger partial charge in [0, 0.05) is 19.0 Å². The standard InChI is InChI=1S/C12H16N2O3.ClH/c15-11-4-2-1-3-10(11)14-12(16)7-9-8-17-6-5-13-9;/h1-4,9,13,15H,5-8H2,(H,14,16);1H. The molecule has 100 valence electrons. The third-order valence-corrected chi connectivity index (χ3v) is 2.61. The summed E-state index contributed by atoms with van der Waals surface area (Å²) in [6.07, 6.45) is 0.342. The number of nitrogens with one attached hydrogen (secondary N) is 2. The van der Waals surface area contributed by atoms with E-state index >= 15 is 0 Å². The second-order valence-corrected chi connectivity index (χ2v) is 4.00. The number of hydrogen-bond acceptors (Lipinski definition) is 4. The zero-order chi connectivity index (χ0) is 12.1. The van der Waals surface area contributed by atoms with Crippen LogP contribution in [0.25, 0.3) is 0 Å². The summed E-state index contributed by atoms with van der Waals surface area (Å²) in [5, 5.41) is 15.4. The van der Waals surface area contributed by atoms with Gasteiger partial charge in [0.2, 0.25) is 5.91 Å². The van der Waals surface area contributed by atoms with Crippen molar-refractivity contribution in [1.29, 1.82) is 0 Å². The molecule has 6 heteroatoms. The van der Waals surface area contributed by atoms with E-state index in [1.165, 1.54) is 6.07 Å². The number of rotatable bonds is 3. The zero-order valence-electron chi connectivity index (χ0n) is 9.89. The first-order valence-electron chi connectivity index (χ1n) is 5.64. The van der Waals surface area contributed by atoms with Gasteiger partial charge in [0.25, 0.3) is 0 Å². The molecular formula is C12H17ClN2O3. The summed E-state index contributed by atoms with van der Waals surface area (Å²) in [5.74, 6) is -0.0526. The molecule has 1 atom stereocenters. The van der Waals surface area contributed by atoms with Crippen LogP contribution in [-0.4, -0.2) is 36.8 Å². The highest BCUT2D eigenvalue weighted by Gasteiger charge is 2.17. The topological polar surface area (TPSA) is 70.6 Å². The monoisotopic (exact) mass is 272 g/mol. The number of aromatic hydroxyl groups is 1. The number of phenolic OH excluding ortho intramolecular Hbond substituents is 1. The van der Waals surface area contributed by atoms with E-state index in [0.29, 0.717) is 25.3 Å². The van der Waals surface area contributed by atoms with Gasteiger partial charge in [-0.25, -0.2) is 0 Å². The van der Waals surface area contributed by atoms with Crippen LogP contribution in [0.4, 0.5) is 5.69 Å². The third kappa shape index (κ3) is 4.18. The second kappa shape index (κ2) is 7.20. The molecular weight excluding hydrogens is 256 g/mol. The molecule has 0 spiro atoms. The van der Waals surface area contributed by atoms with Crippen molar-refractivity contribution in [1.82, 2.24) is 5.32 Å². The Bertz CT molecular complexity index is 395. The van der Waals surface area contributed by atoms with Crippen LogP contribution < -0.4 is 10.6 Å². The van der Waals surface area contributed by atoms with Crippen molar-refractivity contribution >= 4 is 24.0 Å². The van der Waals surface area contributed by atoms with Gasteiger partial charge < -0.3 is 20.5 Å². The lowest BCUT2D eigenvalue weighted by Gasteiger charge is -2.23. The van der Waals surface area contributed by atoms with E-state index in [0.717, 1.165) is 6.54 Å². The van der Waals surface area contributed by atoms with Crippen molar-refractivity contribution in [2.24, 2.45) is 0 Å². The fourth-order valence-electron chi connectivity index (χ4n) is 1.76. The highest BCUT2D eigenvalue weighted by molar-refractivity contribution is 5.92. The molecule has 1 fully saturated rings. The average molecular weight is 273 g/mol. The number of hydrogen-bond donors (Lipinski definition) is 3. The van der Waals surface area contributed by atoms with Crippen LogP contribution >= 0.6 is 12.4 Å². The van der Waals surface area contributed by atoms with E-state index in [1.54, 1.807) is 18.2 Å². The van der Waals surface area contributed by atoms with Crippen LogP contribution in [-0.2, 0) is 9.53 Å². The van der Waals surface area contributed by atoms with Crippen molar-refractivity contribution in [2.75, 3.05) is 25.1 Å². The Morgan fingerprint density at radius 3 is 2.94 bits per heavy atom. The Kier molecular flexibility index (Phi) is 5.91. The van der Waals surface area contributed by atoms with Crippen LogP contribution in [0.5, 0.6) is 5.75 Å². The largest absolute Gasteiger partial charge is 0.506 e. The fourth-order valence-corrected chi connectivity index (χ4v) is 1.76. The molecule has 1 aromatic carbocycles. The molecule has 0 radical (unpaired) electrons. The number of morpholine rings is 1. The number of anilines is 1. The summed E-state index contributed by atoms with van der Waals surface area (Å²) in [7, 11) is 0. The molecule has 2 rings (SSSR count). The molecule has 1 aliphatic heterocycles. The van der Waals surface area contributed by atoms with E-state index in [1.807, 2.05) is 0 Å². The maximum atomic E-state index is 11.7. The summed E-state index contributed by atoms with van der Waals surface area (Å²) < 4.78 is 5.27. The van der Waals surface area contributed by atoms with E-state index in [4.69, 9.17) is 4.74 Å². The first-order valence-corrected chi connectivity index (χ1v) is 5.64. The van der Waals surface area contributed by atoms with Crippen molar-refractivity contribution in [3.05, 3.63) is 24.3 Å². The molecule has 0 saturated carbocycles. The predicted molar refractivity (Wildman–Crippen MR) is 71.2 cm³/mol. The minimum absolute atomic E-state index is 0. The first-order chi connectivity index (χ1) is 8.25. The Balaban J connectivity index is 0.00000162. The molecule has 1 aliphatic rings. The maximum absolute atomic E-state index is 11.7. The van der Waals surface area contributed by atoms with Gasteiger partial charge in [-0.1, -0.05) is 12.1 Å². The summed E-state index contributed by atoms with van der Waals surface area (Å²) in [6, 6.07) is 6.73. The summed E-state index contributed by atoms with van der Waals surface area (Å²) in [6.45, 7) is 2.01. The van der Waals surface area contributed by atoms with Gasteiger partial charge in [0.1, 0.15) is 5.75 Å². The molecule has 5 nitrogen and oxygen atoms in total. The molecule has 18 heavy (non-hydrogen) atoms. The normalized spacial score (nSPS) is 18.8. The zero-order valence-corrected chi connectivity index (χ0v) is 10.7. The van der Waals surface area contributed by atoms with Crippen molar-refractivity contribution in [3.8, 4) is 5.75 Å². The van der Waals surface area contributed by atoms with Gasteiger partial charge >= 0.3 is 0 Å². The lowest BCUT2D eigenvalue weighted by molar-refractivity contribution is -0.117. The number of halogens is 1. The molecule has 1 aromatic rings. The van der Waals surface area contributed by atoms with Gasteiger partial charge in [0.05, 0.1) is 18.9 Å². The quantitative estimate of drug-likeness (QED) is 0.722. The Morgan fingerprint density at radius 2 is 2.28 bits per heavy atom. The van der Waals surface area contributed by atoms with Crippen LogP contribution in [0.3, 0.4) is 0 Å². The fraction of sp³-hybridized carbons (Fsp3) is 0.417. The Hall–Kier alpha value is -1.30. The molecule has 0 aromatic heterocycles. The number of para-hydroxylation sites is 2. The molecule has 1 saturated heterocycles. The van der Waals surface area contributed by atoms with E-state index in [2.05, 4.69) is 10.6 Å². The lowest BCUT2D eigenvalue weighted by atomic mass is 10.2. The maximum Gasteiger partial charge on any atom is 0.226 e. The van der Waals surface area contributed by atoms with Crippen LogP contribution in [0.2, 0.25) is 0 Å². The summed E-state index contributed by atoms with van der Waals surface area (Å²) in [4.78, 5) is 11.7. The highest BCUT2D eigenvalue weighted by Crippen LogP contribution is 2.21. The van der Waals surface area contributed by atoms with Gasteiger partial charge in [-0.3, -0.25) is 4.79 Å².